The van der Waals surface area contributed by atoms with Crippen molar-refractivity contribution in [2.24, 2.45) is 0 Å². The second-order valence-corrected chi connectivity index (χ2v) is 12.5. The molecule has 0 aliphatic heterocycles. The summed E-state index contributed by atoms with van der Waals surface area (Å²) >= 11 is 0. The van der Waals surface area contributed by atoms with Crippen LogP contribution < -0.4 is 4.90 Å². The van der Waals surface area contributed by atoms with Crippen LogP contribution in [0.15, 0.2) is 170 Å². The molecule has 0 bridgehead atoms. The molecular formula is C46H30F2N2. The lowest BCUT2D eigenvalue weighted by Gasteiger charge is -2.26. The van der Waals surface area contributed by atoms with E-state index in [1.807, 2.05) is 30.3 Å². The zero-order chi connectivity index (χ0) is 33.6. The van der Waals surface area contributed by atoms with Crippen LogP contribution in [0, 0.1) is 11.6 Å². The summed E-state index contributed by atoms with van der Waals surface area (Å²) in [6, 6.07) is 55.3. The third-order valence-corrected chi connectivity index (χ3v) is 9.50. The number of nitrogens with zero attached hydrogens (tertiary/aromatic N) is 2. The van der Waals surface area contributed by atoms with Gasteiger partial charge in [-0.3, -0.25) is 0 Å². The highest BCUT2D eigenvalue weighted by Crippen LogP contribution is 2.42. The number of hydrogen-bond donors (Lipinski definition) is 0. The van der Waals surface area contributed by atoms with E-state index in [9.17, 15) is 8.78 Å². The maximum Gasteiger partial charge on any atom is 0.147 e. The Bertz CT molecular complexity index is 2610. The predicted molar refractivity (Wildman–Crippen MR) is 205 cm³/mol. The maximum atomic E-state index is 14.9. The highest BCUT2D eigenvalue weighted by Gasteiger charge is 2.20. The lowest BCUT2D eigenvalue weighted by molar-refractivity contribution is 0.619. The molecule has 8 aromatic carbocycles. The van der Waals surface area contributed by atoms with Gasteiger partial charge in [0.1, 0.15) is 11.6 Å². The highest BCUT2D eigenvalue weighted by atomic mass is 19.1. The Labute approximate surface area is 288 Å². The van der Waals surface area contributed by atoms with E-state index in [0.717, 1.165) is 22.4 Å². The molecule has 0 saturated carbocycles. The number of anilines is 3. The minimum atomic E-state index is -0.424. The fourth-order valence-corrected chi connectivity index (χ4v) is 7.17. The lowest BCUT2D eigenvalue weighted by atomic mass is 9.94. The van der Waals surface area contributed by atoms with Gasteiger partial charge < -0.3 is 9.47 Å². The van der Waals surface area contributed by atoms with Gasteiger partial charge in [-0.2, -0.15) is 0 Å². The molecule has 0 N–H and O–H groups in total. The Kier molecular flexibility index (Phi) is 7.21. The Hall–Kier alpha value is -6.52. The summed E-state index contributed by atoms with van der Waals surface area (Å²) in [5, 5.41) is 5.06. The van der Waals surface area contributed by atoms with Crippen LogP contribution in [0.2, 0.25) is 0 Å². The first-order chi connectivity index (χ1) is 24.6. The molecule has 0 amide bonds. The Morgan fingerprint density at radius 3 is 1.72 bits per heavy atom. The first-order valence-electron chi connectivity index (χ1n) is 16.7. The van der Waals surface area contributed by atoms with Crippen molar-refractivity contribution in [3.63, 3.8) is 0 Å². The molecule has 0 atom stereocenters. The Balaban J connectivity index is 1.02. The SMILES string of the molecule is Fc1ccccc1N(c1ccc(C=Cc2ccc(-c3ccc4c5c3ccc3cccc(c35)n4-c3ccccc3)cc2)cc1)c1ccccc1F. The predicted octanol–water partition coefficient (Wildman–Crippen LogP) is 13.0. The molecule has 50 heavy (non-hydrogen) atoms. The third-order valence-electron chi connectivity index (χ3n) is 9.50. The van der Waals surface area contributed by atoms with Gasteiger partial charge in [-0.25, -0.2) is 8.78 Å². The average molecular weight is 649 g/mol. The average Bonchev–Trinajstić information content (AvgIpc) is 3.51. The van der Waals surface area contributed by atoms with E-state index in [0.29, 0.717) is 5.69 Å². The summed E-state index contributed by atoms with van der Waals surface area (Å²) in [5.74, 6) is -0.848. The largest absolute Gasteiger partial charge is 0.309 e. The van der Waals surface area contributed by atoms with Gasteiger partial charge >= 0.3 is 0 Å². The van der Waals surface area contributed by atoms with Crippen molar-refractivity contribution in [2.75, 3.05) is 4.90 Å². The number of benzene rings is 8. The van der Waals surface area contributed by atoms with E-state index in [2.05, 4.69) is 108 Å². The summed E-state index contributed by atoms with van der Waals surface area (Å²) in [5.41, 5.74) is 9.23. The smallest absolute Gasteiger partial charge is 0.147 e. The van der Waals surface area contributed by atoms with E-state index in [4.69, 9.17) is 0 Å². The fraction of sp³-hybridized carbons (Fsp3) is 0. The van der Waals surface area contributed by atoms with Crippen LogP contribution in [0.25, 0.3) is 61.5 Å². The van der Waals surface area contributed by atoms with Gasteiger partial charge in [0.25, 0.3) is 0 Å². The summed E-state index contributed by atoms with van der Waals surface area (Å²) in [6.45, 7) is 0. The summed E-state index contributed by atoms with van der Waals surface area (Å²) in [6.07, 6.45) is 4.13. The molecule has 0 aliphatic rings. The monoisotopic (exact) mass is 648 g/mol. The van der Waals surface area contributed by atoms with E-state index < -0.39 is 11.6 Å². The molecule has 2 nitrogen and oxygen atoms in total. The second kappa shape index (κ2) is 12.2. The van der Waals surface area contributed by atoms with Gasteiger partial charge in [-0.15, -0.1) is 0 Å². The molecule has 9 aromatic rings. The van der Waals surface area contributed by atoms with Gasteiger partial charge in [0.2, 0.25) is 0 Å². The fourth-order valence-electron chi connectivity index (χ4n) is 7.17. The van der Waals surface area contributed by atoms with Crippen LogP contribution in [0.3, 0.4) is 0 Å². The van der Waals surface area contributed by atoms with Crippen molar-refractivity contribution >= 4 is 61.8 Å². The van der Waals surface area contributed by atoms with Gasteiger partial charge in [0, 0.05) is 22.1 Å². The third kappa shape index (κ3) is 5.01. The van der Waals surface area contributed by atoms with Gasteiger partial charge in [0.05, 0.1) is 22.4 Å². The summed E-state index contributed by atoms with van der Waals surface area (Å²) < 4.78 is 32.2. The van der Waals surface area contributed by atoms with Gasteiger partial charge in [-0.05, 0) is 93.7 Å². The summed E-state index contributed by atoms with van der Waals surface area (Å²) in [4.78, 5) is 1.61. The molecule has 4 heteroatoms. The number of rotatable bonds is 7. The van der Waals surface area contributed by atoms with Crippen molar-refractivity contribution in [1.29, 1.82) is 0 Å². The van der Waals surface area contributed by atoms with Crippen LogP contribution >= 0.6 is 0 Å². The normalized spacial score (nSPS) is 11.7. The number of halogens is 2. The topological polar surface area (TPSA) is 8.17 Å². The highest BCUT2D eigenvalue weighted by molar-refractivity contribution is 6.26. The van der Waals surface area contributed by atoms with Gasteiger partial charge in [0.15, 0.2) is 0 Å². The van der Waals surface area contributed by atoms with E-state index >= 15 is 0 Å². The number of hydrogen-bond acceptors (Lipinski definition) is 1. The molecule has 238 valence electrons. The standard InChI is InChI=1S/C46H30F2N2/c47-39-12-4-6-14-41(39)49(42-15-7-5-13-40(42)48)36-26-21-32(22-27-36)18-17-31-19-23-33(24-20-31)37-29-30-44-46-38(37)28-25-34-9-8-16-43(45(34)46)50(44)35-10-2-1-3-11-35/h1-30H. The quantitative estimate of drug-likeness (QED) is 0.123. The minimum Gasteiger partial charge on any atom is -0.309 e. The molecule has 1 heterocycles. The second-order valence-electron chi connectivity index (χ2n) is 12.5. The van der Waals surface area contributed by atoms with Crippen molar-refractivity contribution in [1.82, 2.24) is 4.57 Å². The Morgan fingerprint density at radius 1 is 0.460 bits per heavy atom. The van der Waals surface area contributed by atoms with Crippen molar-refractivity contribution in [3.05, 3.63) is 193 Å². The summed E-state index contributed by atoms with van der Waals surface area (Å²) in [7, 11) is 0. The van der Waals surface area contributed by atoms with E-state index in [1.165, 1.54) is 50.3 Å². The Morgan fingerprint density at radius 2 is 1.06 bits per heavy atom. The van der Waals surface area contributed by atoms with Crippen molar-refractivity contribution in [2.45, 2.75) is 0 Å². The minimum absolute atomic E-state index is 0.284. The molecule has 0 saturated heterocycles. The molecule has 0 spiro atoms. The molecule has 0 unspecified atom stereocenters. The van der Waals surface area contributed by atoms with Crippen LogP contribution in [0.5, 0.6) is 0 Å². The van der Waals surface area contributed by atoms with Gasteiger partial charge in [-0.1, -0.05) is 121 Å². The van der Waals surface area contributed by atoms with Crippen LogP contribution in [-0.2, 0) is 0 Å². The molecule has 9 rings (SSSR count). The van der Waals surface area contributed by atoms with E-state index in [-0.39, 0.29) is 11.4 Å². The number of aromatic nitrogens is 1. The zero-order valence-corrected chi connectivity index (χ0v) is 27.0. The lowest BCUT2D eigenvalue weighted by Crippen LogP contribution is -2.13. The van der Waals surface area contributed by atoms with E-state index in [1.54, 1.807) is 41.3 Å². The van der Waals surface area contributed by atoms with Crippen LogP contribution in [0.1, 0.15) is 11.1 Å². The van der Waals surface area contributed by atoms with Crippen molar-refractivity contribution < 1.29 is 8.78 Å². The van der Waals surface area contributed by atoms with Crippen LogP contribution in [-0.4, -0.2) is 4.57 Å². The molecule has 1 aromatic heterocycles. The first kappa shape index (κ1) is 29.6. The molecule has 0 fully saturated rings. The van der Waals surface area contributed by atoms with Crippen molar-refractivity contribution in [3.8, 4) is 16.8 Å². The zero-order valence-electron chi connectivity index (χ0n) is 27.0. The van der Waals surface area contributed by atoms with Crippen LogP contribution in [0.4, 0.5) is 25.8 Å². The molecular weight excluding hydrogens is 619 g/mol. The maximum absolute atomic E-state index is 14.9. The molecule has 0 aliphatic carbocycles. The first-order valence-corrected chi connectivity index (χ1v) is 16.7. The number of para-hydroxylation sites is 3. The molecule has 0 radical (unpaired) electrons.